The summed E-state index contributed by atoms with van der Waals surface area (Å²) in [5.41, 5.74) is 5.08. The number of Topliss-reactive ketones (excluding diaryl/α,β-unsaturated/α-hetero) is 2. The van der Waals surface area contributed by atoms with Gasteiger partial charge in [0.1, 0.15) is 22.8 Å². The van der Waals surface area contributed by atoms with Crippen LogP contribution in [-0.2, 0) is 33.6 Å². The van der Waals surface area contributed by atoms with E-state index in [-0.39, 0.29) is 29.7 Å². The van der Waals surface area contributed by atoms with E-state index in [9.17, 15) is 34.8 Å². The Morgan fingerprint density at radius 2 is 1.71 bits per heavy atom. The molecule has 0 aromatic heterocycles. The number of phenolic OH excluding ortho intramolecular Hbond substituents is 1. The van der Waals surface area contributed by atoms with Crippen LogP contribution in [0.2, 0.25) is 0 Å². The minimum Gasteiger partial charge on any atom is -0.508 e. The molecule has 0 saturated heterocycles. The number of aromatic hydroxyl groups is 1. The maximum Gasteiger partial charge on any atom is 0.255 e. The summed E-state index contributed by atoms with van der Waals surface area (Å²) in [7, 11) is 6.87. The van der Waals surface area contributed by atoms with Gasteiger partial charge in [0.2, 0.25) is 5.78 Å². The lowest BCUT2D eigenvalue weighted by atomic mass is 9.57. The van der Waals surface area contributed by atoms with E-state index in [1.54, 1.807) is 14.1 Å². The number of fused-ring (bicyclic) bond motifs is 3. The molecule has 2 aromatic rings. The number of nitrogens with two attached hydrogens (primary N) is 1. The first-order valence-corrected chi connectivity index (χ1v) is 14.0. The lowest BCUT2D eigenvalue weighted by molar-refractivity contribution is -0.153. The number of hydrogen-bond donors (Lipinski definition) is 5. The Kier molecular flexibility index (Phi) is 7.40. The second-order valence-electron chi connectivity index (χ2n) is 12.0. The number of amides is 1. The molecule has 1 fully saturated rings. The summed E-state index contributed by atoms with van der Waals surface area (Å²) in [5, 5.41) is 45.9. The SMILES string of the molecule is CN(C)c1cc(CCCc2ccccc2)c(O)c2c1C[C@@H]1C[C@@H]3C(N(C)C)C(=O)C(C(N)=O)=C(O)[C@]3(O)C(=O)C1=C2O. The highest BCUT2D eigenvalue weighted by Gasteiger charge is 2.64. The van der Waals surface area contributed by atoms with Gasteiger partial charge in [-0.2, -0.15) is 0 Å². The zero-order valence-electron chi connectivity index (χ0n) is 24.2. The quantitative estimate of drug-likeness (QED) is 0.311. The Labute approximate surface area is 244 Å². The first-order valence-electron chi connectivity index (χ1n) is 14.0. The molecule has 3 aliphatic rings. The predicted octanol–water partition coefficient (Wildman–Crippen LogP) is 2.21. The molecule has 2 aromatic carbocycles. The standard InChI is InChI=1S/C32H37N3O7/c1-34(2)21-15-17(12-8-11-16-9-6-5-7-10-16)26(36)23-19(21)13-18-14-20-25(35(3)4)28(38)24(31(33)41)30(40)32(20,42)29(39)22(18)27(23)37/h5-7,9-10,15,18,20,25,36-37,40,42H,8,11-14H2,1-4H3,(H2,33,41)/t18-,20-,25?,32-/m1/s1. The number of hydrogen-bond acceptors (Lipinski definition) is 9. The van der Waals surface area contributed by atoms with Crippen molar-refractivity contribution < 1.29 is 34.8 Å². The van der Waals surface area contributed by atoms with Crippen molar-refractivity contribution in [2.45, 2.75) is 43.7 Å². The summed E-state index contributed by atoms with van der Waals surface area (Å²) in [6.45, 7) is 0. The van der Waals surface area contributed by atoms with Crippen LogP contribution in [0.25, 0.3) is 5.76 Å². The molecule has 6 N–H and O–H groups in total. The van der Waals surface area contributed by atoms with E-state index >= 15 is 0 Å². The van der Waals surface area contributed by atoms with Gasteiger partial charge >= 0.3 is 0 Å². The second kappa shape index (κ2) is 10.6. The van der Waals surface area contributed by atoms with E-state index in [0.29, 0.717) is 17.5 Å². The molecule has 1 saturated carbocycles. The van der Waals surface area contributed by atoms with E-state index in [2.05, 4.69) is 0 Å². The van der Waals surface area contributed by atoms with Gasteiger partial charge in [-0.1, -0.05) is 30.3 Å². The third-order valence-corrected chi connectivity index (χ3v) is 9.01. The van der Waals surface area contributed by atoms with Crippen LogP contribution < -0.4 is 10.6 Å². The fourth-order valence-electron chi connectivity index (χ4n) is 7.06. The lowest BCUT2D eigenvalue weighted by Gasteiger charge is -2.50. The molecule has 0 spiro atoms. The van der Waals surface area contributed by atoms with Gasteiger partial charge in [0.25, 0.3) is 5.91 Å². The van der Waals surface area contributed by atoms with Crippen LogP contribution >= 0.6 is 0 Å². The molecule has 10 nitrogen and oxygen atoms in total. The minimum atomic E-state index is -2.65. The first kappa shape index (κ1) is 29.3. The van der Waals surface area contributed by atoms with Gasteiger partial charge in [0.15, 0.2) is 11.4 Å². The predicted molar refractivity (Wildman–Crippen MR) is 157 cm³/mol. The number of aliphatic hydroxyl groups is 3. The van der Waals surface area contributed by atoms with Gasteiger partial charge in [0, 0.05) is 31.3 Å². The van der Waals surface area contributed by atoms with Crippen LogP contribution in [-0.4, -0.2) is 82.6 Å². The molecule has 0 aliphatic heterocycles. The zero-order valence-corrected chi connectivity index (χ0v) is 24.2. The number of aryl methyl sites for hydroxylation is 2. The average molecular weight is 576 g/mol. The average Bonchev–Trinajstić information content (AvgIpc) is 2.92. The fraction of sp³-hybridized carbons (Fsp3) is 0.406. The summed E-state index contributed by atoms with van der Waals surface area (Å²) in [5.74, 6) is -6.47. The first-order chi connectivity index (χ1) is 19.8. The summed E-state index contributed by atoms with van der Waals surface area (Å²) in [4.78, 5) is 42.9. The summed E-state index contributed by atoms with van der Waals surface area (Å²) >= 11 is 0. The highest BCUT2D eigenvalue weighted by atomic mass is 16.3. The molecule has 42 heavy (non-hydrogen) atoms. The molecule has 1 amide bonds. The molecule has 0 heterocycles. The third kappa shape index (κ3) is 4.37. The van der Waals surface area contributed by atoms with Crippen molar-refractivity contribution in [1.29, 1.82) is 0 Å². The van der Waals surface area contributed by atoms with Gasteiger partial charge in [-0.05, 0) is 74.9 Å². The lowest BCUT2D eigenvalue weighted by Crippen LogP contribution is -2.65. The maximum absolute atomic E-state index is 14.1. The van der Waals surface area contributed by atoms with Crippen LogP contribution in [0.5, 0.6) is 5.75 Å². The number of carbonyl (C=O) groups excluding carboxylic acids is 3. The molecule has 3 aliphatic carbocycles. The number of primary amides is 1. The van der Waals surface area contributed by atoms with Crippen LogP contribution in [0, 0.1) is 11.8 Å². The second-order valence-corrected chi connectivity index (χ2v) is 12.0. The normalized spacial score (nSPS) is 25.3. The molecule has 0 radical (unpaired) electrons. The highest BCUT2D eigenvalue weighted by Crippen LogP contribution is 2.54. The largest absolute Gasteiger partial charge is 0.508 e. The monoisotopic (exact) mass is 575 g/mol. The van der Waals surface area contributed by atoms with Crippen LogP contribution in [0.3, 0.4) is 0 Å². The number of aliphatic hydroxyl groups excluding tert-OH is 2. The van der Waals surface area contributed by atoms with Crippen molar-refractivity contribution in [1.82, 2.24) is 4.90 Å². The van der Waals surface area contributed by atoms with Gasteiger partial charge < -0.3 is 31.1 Å². The number of phenols is 1. The number of ketones is 2. The van der Waals surface area contributed by atoms with Crippen molar-refractivity contribution >= 4 is 28.9 Å². The summed E-state index contributed by atoms with van der Waals surface area (Å²) in [6.07, 6.45) is 2.34. The van der Waals surface area contributed by atoms with Crippen molar-refractivity contribution in [3.8, 4) is 5.75 Å². The van der Waals surface area contributed by atoms with Gasteiger partial charge in [-0.3, -0.25) is 19.3 Å². The van der Waals surface area contributed by atoms with E-state index in [4.69, 9.17) is 5.73 Å². The smallest absolute Gasteiger partial charge is 0.255 e. The fourth-order valence-corrected chi connectivity index (χ4v) is 7.06. The number of benzene rings is 2. The molecule has 222 valence electrons. The Balaban J connectivity index is 1.63. The number of nitrogens with zero attached hydrogens (tertiary/aromatic N) is 2. The van der Waals surface area contributed by atoms with E-state index in [0.717, 1.165) is 24.1 Å². The number of rotatable bonds is 7. The van der Waals surface area contributed by atoms with E-state index < -0.39 is 58.0 Å². The number of anilines is 1. The number of carbonyl (C=O) groups is 3. The van der Waals surface area contributed by atoms with Gasteiger partial charge in [-0.15, -0.1) is 0 Å². The van der Waals surface area contributed by atoms with E-state index in [1.165, 1.54) is 4.90 Å². The van der Waals surface area contributed by atoms with Crippen molar-refractivity contribution in [3.05, 3.63) is 75.6 Å². The molecular weight excluding hydrogens is 538 g/mol. The third-order valence-electron chi connectivity index (χ3n) is 9.01. The van der Waals surface area contributed by atoms with Crippen molar-refractivity contribution in [2.24, 2.45) is 17.6 Å². The van der Waals surface area contributed by atoms with Crippen LogP contribution in [0.4, 0.5) is 5.69 Å². The molecule has 5 rings (SSSR count). The summed E-state index contributed by atoms with van der Waals surface area (Å²) < 4.78 is 0. The maximum atomic E-state index is 14.1. The van der Waals surface area contributed by atoms with E-state index in [1.807, 2.05) is 55.4 Å². The molecule has 0 bridgehead atoms. The minimum absolute atomic E-state index is 0.0538. The molecule has 4 atom stereocenters. The number of likely N-dealkylation sites (N-methyl/N-ethyl adjacent to an activating group) is 1. The Morgan fingerprint density at radius 1 is 1.05 bits per heavy atom. The van der Waals surface area contributed by atoms with Gasteiger partial charge in [0.05, 0.1) is 11.6 Å². The van der Waals surface area contributed by atoms with Crippen LogP contribution in [0.1, 0.15) is 35.1 Å². The Bertz CT molecular complexity index is 1540. The molecular formula is C32H37N3O7. The Hall–Kier alpha value is -4.15. The van der Waals surface area contributed by atoms with Gasteiger partial charge in [-0.25, -0.2) is 0 Å². The zero-order chi connectivity index (χ0) is 30.7. The van der Waals surface area contributed by atoms with Crippen molar-refractivity contribution in [3.63, 3.8) is 0 Å². The molecule has 10 heteroatoms. The topological polar surface area (TPSA) is 165 Å². The molecule has 1 unspecified atom stereocenters. The van der Waals surface area contributed by atoms with Crippen molar-refractivity contribution in [2.75, 3.05) is 33.1 Å². The van der Waals surface area contributed by atoms with Crippen LogP contribution in [0.15, 0.2) is 53.3 Å². The highest BCUT2D eigenvalue weighted by molar-refractivity contribution is 6.24. The summed E-state index contributed by atoms with van der Waals surface area (Å²) in [6, 6.07) is 10.8. The Morgan fingerprint density at radius 3 is 2.31 bits per heavy atom.